The number of halogens is 2. The molecule has 5 nitrogen and oxygen atoms in total. The molecule has 1 saturated carbocycles. The molecule has 0 radical (unpaired) electrons. The van der Waals surface area contributed by atoms with Gasteiger partial charge in [0, 0.05) is 27.0 Å². The Morgan fingerprint density at radius 3 is 2.61 bits per heavy atom. The summed E-state index contributed by atoms with van der Waals surface area (Å²) in [6.45, 7) is 1.56. The van der Waals surface area contributed by atoms with Gasteiger partial charge in [0.1, 0.15) is 6.54 Å². The zero-order valence-corrected chi connectivity index (χ0v) is 18.8. The number of alkyl halides is 2. The summed E-state index contributed by atoms with van der Waals surface area (Å²) in [5, 5.41) is 7.66. The van der Waals surface area contributed by atoms with E-state index in [1.807, 2.05) is 54.6 Å². The summed E-state index contributed by atoms with van der Waals surface area (Å²) in [6, 6.07) is 19.0. The smallest absolute Gasteiger partial charge is 0.264 e. The normalized spacial score (nSPS) is 13.6. The first kappa shape index (κ1) is 21.6. The van der Waals surface area contributed by atoms with E-state index in [-0.39, 0.29) is 23.9 Å². The third-order valence-corrected chi connectivity index (χ3v) is 6.67. The first-order valence-corrected chi connectivity index (χ1v) is 11.6. The fourth-order valence-corrected chi connectivity index (χ4v) is 4.80. The SMILES string of the molecule is Cc1nn(CC(=O)Nc2ccccc2Sc2ccccc2)c2nc(C3CC3)cc(C(F)F)c12. The molecule has 8 heteroatoms. The Bertz CT molecular complexity index is 1320. The van der Waals surface area contributed by atoms with E-state index in [0.29, 0.717) is 28.1 Å². The van der Waals surface area contributed by atoms with Gasteiger partial charge < -0.3 is 5.32 Å². The lowest BCUT2D eigenvalue weighted by atomic mass is 10.1. The van der Waals surface area contributed by atoms with Crippen molar-refractivity contribution in [1.29, 1.82) is 0 Å². The number of carbonyl (C=O) groups is 1. The number of hydrogen-bond acceptors (Lipinski definition) is 4. The van der Waals surface area contributed by atoms with Gasteiger partial charge in [0.2, 0.25) is 5.91 Å². The Balaban J connectivity index is 1.41. The molecule has 1 fully saturated rings. The van der Waals surface area contributed by atoms with Gasteiger partial charge in [-0.3, -0.25) is 4.79 Å². The van der Waals surface area contributed by atoms with Gasteiger partial charge in [0.05, 0.1) is 16.8 Å². The Hall–Kier alpha value is -3.26. The van der Waals surface area contributed by atoms with Crippen LogP contribution in [-0.2, 0) is 11.3 Å². The number of hydrogen-bond donors (Lipinski definition) is 1. The van der Waals surface area contributed by atoms with Crippen LogP contribution in [0.5, 0.6) is 0 Å². The third-order valence-electron chi connectivity index (χ3n) is 5.58. The molecule has 1 aliphatic carbocycles. The minimum atomic E-state index is -2.62. The number of anilines is 1. The summed E-state index contributed by atoms with van der Waals surface area (Å²) >= 11 is 1.55. The van der Waals surface area contributed by atoms with E-state index in [9.17, 15) is 13.6 Å². The van der Waals surface area contributed by atoms with Gasteiger partial charge in [0.15, 0.2) is 5.65 Å². The maximum Gasteiger partial charge on any atom is 0.264 e. The van der Waals surface area contributed by atoms with E-state index in [0.717, 1.165) is 22.6 Å². The summed E-state index contributed by atoms with van der Waals surface area (Å²) in [7, 11) is 0. The summed E-state index contributed by atoms with van der Waals surface area (Å²) in [5.41, 5.74) is 2.07. The maximum atomic E-state index is 13.8. The highest BCUT2D eigenvalue weighted by Crippen LogP contribution is 2.42. The monoisotopic (exact) mass is 464 g/mol. The molecule has 1 amide bonds. The van der Waals surface area contributed by atoms with Gasteiger partial charge in [0.25, 0.3) is 6.43 Å². The fraction of sp³-hybridized carbons (Fsp3) is 0.240. The number of aryl methyl sites for hydroxylation is 1. The average molecular weight is 465 g/mol. The van der Waals surface area contributed by atoms with E-state index in [1.54, 1.807) is 18.7 Å². The average Bonchev–Trinajstić information content (AvgIpc) is 3.61. The Morgan fingerprint density at radius 2 is 1.88 bits per heavy atom. The summed E-state index contributed by atoms with van der Waals surface area (Å²) in [5.74, 6) is -0.0796. The number of benzene rings is 2. The zero-order valence-electron chi connectivity index (χ0n) is 18.0. The second kappa shape index (κ2) is 8.94. The third kappa shape index (κ3) is 4.61. The topological polar surface area (TPSA) is 59.8 Å². The van der Waals surface area contributed by atoms with Crippen LogP contribution >= 0.6 is 11.8 Å². The Kier molecular flexibility index (Phi) is 5.85. The second-order valence-electron chi connectivity index (χ2n) is 8.11. The lowest BCUT2D eigenvalue weighted by molar-refractivity contribution is -0.116. The predicted molar refractivity (Wildman–Crippen MR) is 125 cm³/mol. The van der Waals surface area contributed by atoms with Crippen molar-refractivity contribution in [3.05, 3.63) is 77.6 Å². The van der Waals surface area contributed by atoms with Gasteiger partial charge in [-0.15, -0.1) is 0 Å². The molecule has 0 unspecified atom stereocenters. The van der Waals surface area contributed by atoms with E-state index in [1.165, 1.54) is 10.7 Å². The molecule has 0 spiro atoms. The van der Waals surface area contributed by atoms with Crippen LogP contribution in [0.3, 0.4) is 0 Å². The van der Waals surface area contributed by atoms with Crippen LogP contribution < -0.4 is 5.32 Å². The van der Waals surface area contributed by atoms with Gasteiger partial charge in [-0.2, -0.15) is 5.10 Å². The molecule has 33 heavy (non-hydrogen) atoms. The molecular formula is C25H22F2N4OS. The molecule has 0 bridgehead atoms. The molecule has 2 heterocycles. The fourth-order valence-electron chi connectivity index (χ4n) is 3.88. The lowest BCUT2D eigenvalue weighted by Crippen LogP contribution is -2.20. The molecule has 2 aromatic heterocycles. The van der Waals surface area contributed by atoms with Crippen LogP contribution in [0.25, 0.3) is 11.0 Å². The van der Waals surface area contributed by atoms with E-state index < -0.39 is 6.43 Å². The first-order valence-electron chi connectivity index (χ1n) is 10.8. The standard InChI is InChI=1S/C25H22F2N4OS/c1-15-23-18(24(26)27)13-20(16-11-12-16)29-25(23)31(30-15)14-22(32)28-19-9-5-6-10-21(19)33-17-7-3-2-4-8-17/h2-10,13,16,24H,11-12,14H2,1H3,(H,28,32). The molecule has 1 aliphatic rings. The second-order valence-corrected chi connectivity index (χ2v) is 9.23. The molecule has 0 saturated heterocycles. The minimum Gasteiger partial charge on any atom is -0.323 e. The molecular weight excluding hydrogens is 442 g/mol. The number of amides is 1. The number of nitrogens with one attached hydrogen (secondary N) is 1. The Morgan fingerprint density at radius 1 is 1.15 bits per heavy atom. The van der Waals surface area contributed by atoms with Crippen molar-refractivity contribution < 1.29 is 13.6 Å². The summed E-state index contributed by atoms with van der Waals surface area (Å²) in [6.07, 6.45) is -0.727. The minimum absolute atomic E-state index is 0.0596. The largest absolute Gasteiger partial charge is 0.323 e. The van der Waals surface area contributed by atoms with Crippen LogP contribution in [0.15, 0.2) is 70.5 Å². The number of fused-ring (bicyclic) bond motifs is 1. The van der Waals surface area contributed by atoms with Gasteiger partial charge >= 0.3 is 0 Å². The van der Waals surface area contributed by atoms with Crippen molar-refractivity contribution >= 4 is 34.4 Å². The highest BCUT2D eigenvalue weighted by Gasteiger charge is 2.29. The number of para-hydroxylation sites is 1. The quantitative estimate of drug-likeness (QED) is 0.346. The summed E-state index contributed by atoms with van der Waals surface area (Å²) < 4.78 is 29.0. The predicted octanol–water partition coefficient (Wildman–Crippen LogP) is 6.34. The van der Waals surface area contributed by atoms with Crippen molar-refractivity contribution in [3.63, 3.8) is 0 Å². The number of nitrogens with zero attached hydrogens (tertiary/aromatic N) is 3. The molecule has 1 N–H and O–H groups in total. The highest BCUT2D eigenvalue weighted by atomic mass is 32.2. The van der Waals surface area contributed by atoms with E-state index in [4.69, 9.17) is 0 Å². The number of carbonyl (C=O) groups excluding carboxylic acids is 1. The van der Waals surface area contributed by atoms with E-state index in [2.05, 4.69) is 15.4 Å². The number of aromatic nitrogens is 3. The molecule has 2 aromatic carbocycles. The molecule has 0 aliphatic heterocycles. The van der Waals surface area contributed by atoms with Crippen LogP contribution in [0.4, 0.5) is 14.5 Å². The number of pyridine rings is 1. The molecule has 5 rings (SSSR count). The van der Waals surface area contributed by atoms with Gasteiger partial charge in [-0.1, -0.05) is 42.1 Å². The van der Waals surface area contributed by atoms with Crippen molar-refractivity contribution in [2.24, 2.45) is 0 Å². The number of rotatable bonds is 7. The van der Waals surface area contributed by atoms with Crippen molar-refractivity contribution in [1.82, 2.24) is 14.8 Å². The maximum absolute atomic E-state index is 13.8. The van der Waals surface area contributed by atoms with E-state index >= 15 is 0 Å². The van der Waals surface area contributed by atoms with Crippen LogP contribution in [0.2, 0.25) is 0 Å². The van der Waals surface area contributed by atoms with Gasteiger partial charge in [-0.05, 0) is 50.1 Å². The highest BCUT2D eigenvalue weighted by molar-refractivity contribution is 7.99. The first-order chi connectivity index (χ1) is 16.0. The van der Waals surface area contributed by atoms with Crippen molar-refractivity contribution in [3.8, 4) is 0 Å². The van der Waals surface area contributed by atoms with Gasteiger partial charge in [-0.25, -0.2) is 18.4 Å². The molecule has 0 atom stereocenters. The molecule has 168 valence electrons. The van der Waals surface area contributed by atoms with Crippen molar-refractivity contribution in [2.45, 2.75) is 48.4 Å². The zero-order chi connectivity index (χ0) is 22.9. The van der Waals surface area contributed by atoms with Crippen molar-refractivity contribution in [2.75, 3.05) is 5.32 Å². The van der Waals surface area contributed by atoms with Crippen LogP contribution in [0.1, 0.15) is 42.1 Å². The van der Waals surface area contributed by atoms with Crippen LogP contribution in [-0.4, -0.2) is 20.7 Å². The Labute approximate surface area is 194 Å². The molecule has 4 aromatic rings. The summed E-state index contributed by atoms with van der Waals surface area (Å²) in [4.78, 5) is 19.5. The lowest BCUT2D eigenvalue weighted by Gasteiger charge is -2.11. The van der Waals surface area contributed by atoms with Crippen LogP contribution in [0, 0.1) is 6.92 Å².